The minimum atomic E-state index is -0.0725. The van der Waals surface area contributed by atoms with Crippen molar-refractivity contribution in [1.29, 1.82) is 0 Å². The van der Waals surface area contributed by atoms with Crippen molar-refractivity contribution in [2.24, 2.45) is 0 Å². The molecule has 3 rings (SSSR count). The van der Waals surface area contributed by atoms with Gasteiger partial charge in [-0.05, 0) is 32.6 Å². The lowest BCUT2D eigenvalue weighted by Gasteiger charge is -2.06. The summed E-state index contributed by atoms with van der Waals surface area (Å²) in [5, 5.41) is 18.0. The van der Waals surface area contributed by atoms with Gasteiger partial charge in [0.15, 0.2) is 0 Å². The molecule has 0 radical (unpaired) electrons. The van der Waals surface area contributed by atoms with Gasteiger partial charge in [-0.1, -0.05) is 16.6 Å². The zero-order valence-electron chi connectivity index (χ0n) is 9.68. The molecule has 0 amide bonds. The molecule has 1 N–H and O–H groups in total. The van der Waals surface area contributed by atoms with Crippen molar-refractivity contribution < 1.29 is 5.11 Å². The number of nitrogens with zero attached hydrogens (tertiary/aromatic N) is 4. The van der Waals surface area contributed by atoms with Gasteiger partial charge in [-0.15, -0.1) is 5.10 Å². The summed E-state index contributed by atoms with van der Waals surface area (Å²) in [4.78, 5) is 6.01. The predicted octanol–water partition coefficient (Wildman–Crippen LogP) is 1.40. The summed E-state index contributed by atoms with van der Waals surface area (Å²) in [5.74, 6) is 0. The molecule has 1 aliphatic rings. The van der Waals surface area contributed by atoms with Gasteiger partial charge >= 0.3 is 0 Å². The lowest BCUT2D eigenvalue weighted by atomic mass is 10.0. The standard InChI is InChI=1S/C11H14N4OS/c1-7-9(6-16)13-14-15(7)11-12-8-4-2-3-5-10(8)17-11/h16H,2-6H2,1H3. The first-order valence-electron chi connectivity index (χ1n) is 5.80. The van der Waals surface area contributed by atoms with Crippen LogP contribution >= 0.6 is 11.3 Å². The molecule has 0 saturated heterocycles. The normalized spacial score (nSPS) is 14.9. The molecule has 17 heavy (non-hydrogen) atoms. The van der Waals surface area contributed by atoms with Crippen molar-refractivity contribution in [1.82, 2.24) is 20.0 Å². The molecule has 0 bridgehead atoms. The molecular weight excluding hydrogens is 236 g/mol. The summed E-state index contributed by atoms with van der Waals surface area (Å²) in [5.41, 5.74) is 2.72. The van der Waals surface area contributed by atoms with Gasteiger partial charge in [0.25, 0.3) is 0 Å². The largest absolute Gasteiger partial charge is 0.390 e. The van der Waals surface area contributed by atoms with Crippen LogP contribution in [0.2, 0.25) is 0 Å². The van der Waals surface area contributed by atoms with Crippen LogP contribution in [-0.4, -0.2) is 25.1 Å². The van der Waals surface area contributed by atoms with E-state index in [0.717, 1.165) is 23.7 Å². The van der Waals surface area contributed by atoms with E-state index in [-0.39, 0.29) is 6.61 Å². The highest BCUT2D eigenvalue weighted by molar-refractivity contribution is 7.14. The maximum Gasteiger partial charge on any atom is 0.212 e. The third kappa shape index (κ3) is 1.77. The van der Waals surface area contributed by atoms with Crippen LogP contribution in [0.5, 0.6) is 0 Å². The molecule has 0 unspecified atom stereocenters. The van der Waals surface area contributed by atoms with Crippen LogP contribution in [0.25, 0.3) is 5.13 Å². The van der Waals surface area contributed by atoms with Gasteiger partial charge < -0.3 is 5.11 Å². The Bertz CT molecular complexity index is 522. The molecule has 2 aromatic heterocycles. The Labute approximate surface area is 103 Å². The minimum absolute atomic E-state index is 0.0725. The zero-order chi connectivity index (χ0) is 11.8. The number of thiazole rings is 1. The molecule has 5 nitrogen and oxygen atoms in total. The van der Waals surface area contributed by atoms with Gasteiger partial charge in [-0.25, -0.2) is 4.98 Å². The Morgan fingerprint density at radius 1 is 1.35 bits per heavy atom. The fourth-order valence-corrected chi connectivity index (χ4v) is 3.27. The molecule has 0 saturated carbocycles. The summed E-state index contributed by atoms with van der Waals surface area (Å²) in [7, 11) is 0. The summed E-state index contributed by atoms with van der Waals surface area (Å²) >= 11 is 1.69. The van der Waals surface area contributed by atoms with Crippen LogP contribution in [0.4, 0.5) is 0 Å². The van der Waals surface area contributed by atoms with E-state index in [9.17, 15) is 0 Å². The predicted molar refractivity (Wildman–Crippen MR) is 64.3 cm³/mol. The van der Waals surface area contributed by atoms with E-state index in [1.165, 1.54) is 23.4 Å². The van der Waals surface area contributed by atoms with Gasteiger partial charge in [0.05, 0.1) is 18.0 Å². The third-order valence-corrected chi connectivity index (χ3v) is 4.29. The monoisotopic (exact) mass is 250 g/mol. The van der Waals surface area contributed by atoms with Crippen LogP contribution in [0.3, 0.4) is 0 Å². The lowest BCUT2D eigenvalue weighted by molar-refractivity contribution is 0.276. The zero-order valence-corrected chi connectivity index (χ0v) is 10.5. The lowest BCUT2D eigenvalue weighted by Crippen LogP contribution is -2.01. The number of hydrogen-bond acceptors (Lipinski definition) is 5. The number of aromatic nitrogens is 4. The van der Waals surface area contributed by atoms with E-state index < -0.39 is 0 Å². The average Bonchev–Trinajstić information content (AvgIpc) is 2.91. The molecule has 6 heteroatoms. The van der Waals surface area contributed by atoms with E-state index >= 15 is 0 Å². The first kappa shape index (κ1) is 10.9. The molecule has 0 spiro atoms. The molecule has 0 aromatic carbocycles. The third-order valence-electron chi connectivity index (χ3n) is 3.16. The van der Waals surface area contributed by atoms with Crippen molar-refractivity contribution in [2.75, 3.05) is 0 Å². The van der Waals surface area contributed by atoms with Crippen LogP contribution in [0, 0.1) is 6.92 Å². The number of aryl methyl sites for hydroxylation is 2. The topological polar surface area (TPSA) is 63.8 Å². The summed E-state index contributed by atoms with van der Waals surface area (Å²) in [6.07, 6.45) is 4.70. The molecule has 90 valence electrons. The Morgan fingerprint density at radius 2 is 2.18 bits per heavy atom. The fraction of sp³-hybridized carbons (Fsp3) is 0.545. The van der Waals surface area contributed by atoms with E-state index in [1.807, 2.05) is 6.92 Å². The van der Waals surface area contributed by atoms with Gasteiger partial charge in [0, 0.05) is 4.88 Å². The van der Waals surface area contributed by atoms with Gasteiger partial charge in [-0.2, -0.15) is 4.68 Å². The van der Waals surface area contributed by atoms with Gasteiger partial charge in [-0.3, -0.25) is 0 Å². The fourth-order valence-electron chi connectivity index (χ4n) is 2.12. The molecule has 2 heterocycles. The van der Waals surface area contributed by atoms with Crippen molar-refractivity contribution in [3.63, 3.8) is 0 Å². The molecule has 1 aliphatic carbocycles. The van der Waals surface area contributed by atoms with Crippen LogP contribution < -0.4 is 0 Å². The SMILES string of the molecule is Cc1c(CO)nnn1-c1nc2c(s1)CCCC2. The smallest absolute Gasteiger partial charge is 0.212 e. The second-order valence-electron chi connectivity index (χ2n) is 4.26. The Hall–Kier alpha value is -1.27. The highest BCUT2D eigenvalue weighted by Gasteiger charge is 2.18. The van der Waals surface area contributed by atoms with Crippen LogP contribution in [-0.2, 0) is 19.4 Å². The summed E-state index contributed by atoms with van der Waals surface area (Å²) in [6.45, 7) is 1.84. The summed E-state index contributed by atoms with van der Waals surface area (Å²) in [6, 6.07) is 0. The molecule has 2 aromatic rings. The molecule has 0 fully saturated rings. The first-order valence-corrected chi connectivity index (χ1v) is 6.62. The number of aliphatic hydroxyl groups is 1. The second kappa shape index (κ2) is 4.19. The highest BCUT2D eigenvalue weighted by atomic mass is 32.1. The van der Waals surface area contributed by atoms with Crippen LogP contribution in [0.1, 0.15) is 34.8 Å². The quantitative estimate of drug-likeness (QED) is 0.875. The maximum atomic E-state index is 9.11. The number of hydrogen-bond donors (Lipinski definition) is 1. The van der Waals surface area contributed by atoms with E-state index in [4.69, 9.17) is 5.11 Å². The first-order chi connectivity index (χ1) is 8.29. The number of fused-ring (bicyclic) bond motifs is 1. The van der Waals surface area contributed by atoms with E-state index in [2.05, 4.69) is 15.3 Å². The summed E-state index contributed by atoms with van der Waals surface area (Å²) < 4.78 is 1.73. The minimum Gasteiger partial charge on any atom is -0.390 e. The second-order valence-corrected chi connectivity index (χ2v) is 5.33. The molecule has 0 atom stereocenters. The Kier molecular flexibility index (Phi) is 2.68. The molecular formula is C11H14N4OS. The van der Waals surface area contributed by atoms with Crippen molar-refractivity contribution in [3.05, 3.63) is 22.0 Å². The van der Waals surface area contributed by atoms with E-state index in [1.54, 1.807) is 16.0 Å². The van der Waals surface area contributed by atoms with Crippen molar-refractivity contribution in [2.45, 2.75) is 39.2 Å². The average molecular weight is 250 g/mol. The van der Waals surface area contributed by atoms with E-state index in [0.29, 0.717) is 5.69 Å². The van der Waals surface area contributed by atoms with Crippen molar-refractivity contribution in [3.8, 4) is 5.13 Å². The highest BCUT2D eigenvalue weighted by Crippen LogP contribution is 2.29. The van der Waals surface area contributed by atoms with Gasteiger partial charge in [0.1, 0.15) is 5.69 Å². The van der Waals surface area contributed by atoms with Gasteiger partial charge in [0.2, 0.25) is 5.13 Å². The van der Waals surface area contributed by atoms with Crippen LogP contribution in [0.15, 0.2) is 0 Å². The van der Waals surface area contributed by atoms with Crippen molar-refractivity contribution >= 4 is 11.3 Å². The molecule has 0 aliphatic heterocycles. The Morgan fingerprint density at radius 3 is 2.88 bits per heavy atom. The number of aliphatic hydroxyl groups excluding tert-OH is 1. The maximum absolute atomic E-state index is 9.11. The number of rotatable bonds is 2. The Balaban J connectivity index is 2.03.